The van der Waals surface area contributed by atoms with Crippen molar-refractivity contribution in [3.63, 3.8) is 0 Å². The van der Waals surface area contributed by atoms with E-state index in [4.69, 9.17) is 10.6 Å². The highest BCUT2D eigenvalue weighted by Crippen LogP contribution is 2.27. The van der Waals surface area contributed by atoms with Crippen LogP contribution in [0.1, 0.15) is 29.2 Å². The Kier molecular flexibility index (Phi) is 4.18. The van der Waals surface area contributed by atoms with Crippen LogP contribution in [0.2, 0.25) is 0 Å². The molecule has 0 saturated carbocycles. The summed E-state index contributed by atoms with van der Waals surface area (Å²) in [6, 6.07) is 12.8. The van der Waals surface area contributed by atoms with Gasteiger partial charge in [-0.2, -0.15) is 0 Å². The molecular formula is C17H19FN2O. The monoisotopic (exact) mass is 286 g/mol. The molecule has 0 aliphatic carbocycles. The molecule has 0 saturated heterocycles. The standard InChI is InChI=1S/C17H19FN2O/c18-15-4-2-1-3-14(15)16(20-19)7-5-12-6-8-17-13(11-12)9-10-21-17/h1-4,6,8,11,16,20H,5,7,9-10,19H2. The van der Waals surface area contributed by atoms with Gasteiger partial charge in [-0.15, -0.1) is 0 Å². The molecular weight excluding hydrogens is 267 g/mol. The van der Waals surface area contributed by atoms with Crippen molar-refractivity contribution in [2.45, 2.75) is 25.3 Å². The number of nitrogens with one attached hydrogen (secondary N) is 1. The van der Waals surface area contributed by atoms with Crippen molar-refractivity contribution < 1.29 is 9.13 Å². The Bertz CT molecular complexity index is 630. The van der Waals surface area contributed by atoms with Crippen molar-refractivity contribution in [2.75, 3.05) is 6.61 Å². The third-order valence-corrected chi connectivity index (χ3v) is 3.96. The van der Waals surface area contributed by atoms with Crippen LogP contribution in [0.3, 0.4) is 0 Å². The predicted octanol–water partition coefficient (Wildman–Crippen LogP) is 2.90. The molecule has 3 nitrogen and oxygen atoms in total. The number of hydrogen-bond acceptors (Lipinski definition) is 3. The molecule has 2 aromatic carbocycles. The fraction of sp³-hybridized carbons (Fsp3) is 0.294. The molecule has 4 heteroatoms. The highest BCUT2D eigenvalue weighted by Gasteiger charge is 2.15. The van der Waals surface area contributed by atoms with Gasteiger partial charge in [0, 0.05) is 18.0 Å². The lowest BCUT2D eigenvalue weighted by molar-refractivity contribution is 0.357. The first kappa shape index (κ1) is 14.0. The molecule has 1 heterocycles. The van der Waals surface area contributed by atoms with E-state index >= 15 is 0 Å². The molecule has 3 rings (SSSR count). The highest BCUT2D eigenvalue weighted by atomic mass is 19.1. The van der Waals surface area contributed by atoms with E-state index in [0.29, 0.717) is 5.56 Å². The zero-order chi connectivity index (χ0) is 14.7. The quantitative estimate of drug-likeness (QED) is 0.656. The zero-order valence-electron chi connectivity index (χ0n) is 11.8. The second-order valence-electron chi connectivity index (χ2n) is 5.32. The number of nitrogens with two attached hydrogens (primary N) is 1. The normalized spacial score (nSPS) is 14.6. The second kappa shape index (κ2) is 6.24. The van der Waals surface area contributed by atoms with Gasteiger partial charge >= 0.3 is 0 Å². The molecule has 1 aliphatic heterocycles. The molecule has 1 atom stereocenters. The van der Waals surface area contributed by atoms with E-state index in [0.717, 1.165) is 31.6 Å². The number of aryl methyl sites for hydroxylation is 1. The summed E-state index contributed by atoms with van der Waals surface area (Å²) in [5, 5.41) is 0. The number of fused-ring (bicyclic) bond motifs is 1. The van der Waals surface area contributed by atoms with Crippen LogP contribution in [-0.4, -0.2) is 6.61 Å². The lowest BCUT2D eigenvalue weighted by atomic mass is 9.98. The minimum atomic E-state index is -0.220. The molecule has 1 aliphatic rings. The maximum atomic E-state index is 13.8. The number of rotatable bonds is 5. The zero-order valence-corrected chi connectivity index (χ0v) is 11.8. The van der Waals surface area contributed by atoms with Crippen molar-refractivity contribution in [3.8, 4) is 5.75 Å². The SMILES string of the molecule is NNC(CCc1ccc2c(c1)CCO2)c1ccccc1F. The van der Waals surface area contributed by atoms with Crippen molar-refractivity contribution in [1.82, 2.24) is 5.43 Å². The van der Waals surface area contributed by atoms with Crippen LogP contribution in [0, 0.1) is 5.82 Å². The first-order valence-electron chi connectivity index (χ1n) is 7.23. The van der Waals surface area contributed by atoms with E-state index in [1.165, 1.54) is 17.2 Å². The molecule has 2 aromatic rings. The van der Waals surface area contributed by atoms with Gasteiger partial charge in [0.25, 0.3) is 0 Å². The Balaban J connectivity index is 1.70. The Morgan fingerprint density at radius 1 is 1.24 bits per heavy atom. The van der Waals surface area contributed by atoms with Crippen LogP contribution < -0.4 is 16.0 Å². The minimum absolute atomic E-state index is 0.185. The second-order valence-corrected chi connectivity index (χ2v) is 5.32. The van der Waals surface area contributed by atoms with E-state index in [1.807, 2.05) is 12.1 Å². The van der Waals surface area contributed by atoms with Gasteiger partial charge in [0.15, 0.2) is 0 Å². The lowest BCUT2D eigenvalue weighted by Gasteiger charge is -2.17. The molecule has 21 heavy (non-hydrogen) atoms. The molecule has 110 valence electrons. The molecule has 1 unspecified atom stereocenters. The summed E-state index contributed by atoms with van der Waals surface area (Å²) in [6.45, 7) is 0.765. The van der Waals surface area contributed by atoms with E-state index < -0.39 is 0 Å². The predicted molar refractivity (Wildman–Crippen MR) is 80.4 cm³/mol. The van der Waals surface area contributed by atoms with Gasteiger partial charge in [0.05, 0.1) is 6.61 Å². The average molecular weight is 286 g/mol. The van der Waals surface area contributed by atoms with Gasteiger partial charge in [0.2, 0.25) is 0 Å². The van der Waals surface area contributed by atoms with Crippen molar-refractivity contribution in [2.24, 2.45) is 5.84 Å². The van der Waals surface area contributed by atoms with Crippen LogP contribution in [0.5, 0.6) is 5.75 Å². The summed E-state index contributed by atoms with van der Waals surface area (Å²) in [6.07, 6.45) is 2.56. The smallest absolute Gasteiger partial charge is 0.128 e. The third kappa shape index (κ3) is 3.06. The van der Waals surface area contributed by atoms with E-state index in [2.05, 4.69) is 17.6 Å². The number of benzene rings is 2. The summed E-state index contributed by atoms with van der Waals surface area (Å²) in [5.41, 5.74) is 5.82. The Hall–Kier alpha value is -1.91. The summed E-state index contributed by atoms with van der Waals surface area (Å²) in [4.78, 5) is 0. The molecule has 0 aromatic heterocycles. The Labute approximate surface area is 123 Å². The van der Waals surface area contributed by atoms with Gasteiger partial charge in [-0.25, -0.2) is 4.39 Å². The van der Waals surface area contributed by atoms with Gasteiger partial charge in [-0.3, -0.25) is 11.3 Å². The topological polar surface area (TPSA) is 47.3 Å². The summed E-state index contributed by atoms with van der Waals surface area (Å²) in [5.74, 6) is 6.36. The van der Waals surface area contributed by atoms with Gasteiger partial charge in [-0.05, 0) is 36.1 Å². The highest BCUT2D eigenvalue weighted by molar-refractivity contribution is 5.40. The maximum Gasteiger partial charge on any atom is 0.128 e. The number of ether oxygens (including phenoxy) is 1. The molecule has 0 radical (unpaired) electrons. The van der Waals surface area contributed by atoms with Gasteiger partial charge in [0.1, 0.15) is 11.6 Å². The first-order valence-corrected chi connectivity index (χ1v) is 7.23. The average Bonchev–Trinajstić information content (AvgIpc) is 2.97. The van der Waals surface area contributed by atoms with Crippen LogP contribution in [-0.2, 0) is 12.8 Å². The van der Waals surface area contributed by atoms with E-state index in [-0.39, 0.29) is 11.9 Å². The van der Waals surface area contributed by atoms with Gasteiger partial charge < -0.3 is 4.74 Å². The van der Waals surface area contributed by atoms with Crippen LogP contribution in [0.4, 0.5) is 4.39 Å². The fourth-order valence-electron chi connectivity index (χ4n) is 2.79. The Morgan fingerprint density at radius 2 is 2.10 bits per heavy atom. The first-order chi connectivity index (χ1) is 10.3. The van der Waals surface area contributed by atoms with Crippen molar-refractivity contribution in [3.05, 3.63) is 65.0 Å². The fourth-order valence-corrected chi connectivity index (χ4v) is 2.79. The third-order valence-electron chi connectivity index (χ3n) is 3.96. The van der Waals surface area contributed by atoms with Crippen molar-refractivity contribution >= 4 is 0 Å². The lowest BCUT2D eigenvalue weighted by Crippen LogP contribution is -2.29. The Morgan fingerprint density at radius 3 is 2.90 bits per heavy atom. The molecule has 0 fully saturated rings. The number of hydrogen-bond donors (Lipinski definition) is 2. The number of halogens is 1. The molecule has 3 N–H and O–H groups in total. The van der Waals surface area contributed by atoms with E-state index in [9.17, 15) is 4.39 Å². The number of hydrazine groups is 1. The molecule has 0 spiro atoms. The minimum Gasteiger partial charge on any atom is -0.493 e. The largest absolute Gasteiger partial charge is 0.493 e. The van der Waals surface area contributed by atoms with Crippen LogP contribution in [0.25, 0.3) is 0 Å². The van der Waals surface area contributed by atoms with E-state index in [1.54, 1.807) is 12.1 Å². The van der Waals surface area contributed by atoms with Crippen molar-refractivity contribution in [1.29, 1.82) is 0 Å². The summed E-state index contributed by atoms with van der Waals surface area (Å²) < 4.78 is 19.3. The van der Waals surface area contributed by atoms with Gasteiger partial charge in [-0.1, -0.05) is 30.3 Å². The molecule has 0 bridgehead atoms. The van der Waals surface area contributed by atoms with Crippen LogP contribution in [0.15, 0.2) is 42.5 Å². The van der Waals surface area contributed by atoms with Crippen LogP contribution >= 0.6 is 0 Å². The summed E-state index contributed by atoms with van der Waals surface area (Å²) in [7, 11) is 0. The maximum absolute atomic E-state index is 13.8. The molecule has 0 amide bonds. The summed E-state index contributed by atoms with van der Waals surface area (Å²) >= 11 is 0.